The molecule has 0 aromatic heterocycles. The second-order valence-corrected chi connectivity index (χ2v) is 0.752. The van der Waals surface area contributed by atoms with Crippen LogP contribution in [0.2, 0.25) is 0 Å². The van der Waals surface area contributed by atoms with Crippen LogP contribution in [0.4, 0.5) is 4.79 Å². The summed E-state index contributed by atoms with van der Waals surface area (Å²) in [5.41, 5.74) is 4.54. The molecule has 0 atom stereocenters. The van der Waals surface area contributed by atoms with Gasteiger partial charge in [-0.05, 0) is 6.92 Å². The molecular weight excluding hydrogens is 122 g/mol. The molecule has 0 aliphatic heterocycles. The first-order valence-electron chi connectivity index (χ1n) is 1.69. The molecule has 2 N–H and O–H groups in total. The van der Waals surface area contributed by atoms with Gasteiger partial charge in [-0.1, -0.05) is 0 Å². The molecule has 0 aromatic rings. The third-order valence-corrected chi connectivity index (χ3v) is 0.287. The van der Waals surface area contributed by atoms with Crippen molar-refractivity contribution in [1.29, 1.82) is 0 Å². The first-order valence-corrected chi connectivity index (χ1v) is 1.69. The first kappa shape index (κ1) is 10.5. The van der Waals surface area contributed by atoms with Crippen molar-refractivity contribution in [3.8, 4) is 0 Å². The van der Waals surface area contributed by atoms with Gasteiger partial charge in [0.1, 0.15) is 0 Å². The van der Waals surface area contributed by atoms with Crippen LogP contribution in [0.15, 0.2) is 0 Å². The zero-order valence-corrected chi connectivity index (χ0v) is 3.60. The molecule has 0 radical (unpaired) electrons. The molecule has 0 heterocycles. The zero-order chi connectivity index (χ0) is 4.99. The van der Waals surface area contributed by atoms with Crippen LogP contribution in [0.1, 0.15) is 6.92 Å². The molecule has 0 aliphatic rings. The van der Waals surface area contributed by atoms with Crippen LogP contribution in [0.3, 0.4) is 0 Å². The van der Waals surface area contributed by atoms with Crippen LogP contribution in [0.25, 0.3) is 0 Å². The number of carbonyl (C=O) groups is 1. The van der Waals surface area contributed by atoms with E-state index >= 15 is 0 Å². The van der Waals surface area contributed by atoms with E-state index in [9.17, 15) is 4.79 Å². The minimum atomic E-state index is -0.711. The van der Waals surface area contributed by atoms with Gasteiger partial charge in [0, 0.05) is 0 Å². The van der Waals surface area contributed by atoms with E-state index in [1.54, 1.807) is 6.92 Å². The molecule has 0 bridgehead atoms. The molecule has 0 aromatic carbocycles. The second kappa shape index (κ2) is 6.53. The molecule has 40 valence electrons. The molecule has 0 saturated carbocycles. The summed E-state index contributed by atoms with van der Waals surface area (Å²) in [5, 5.41) is 0. The van der Waals surface area contributed by atoms with Crippen molar-refractivity contribution in [2.24, 2.45) is 5.73 Å². The molecule has 0 unspecified atom stereocenters. The quantitative estimate of drug-likeness (QED) is 0.473. The predicted molar refractivity (Wildman–Crippen MR) is 29.8 cm³/mol. The maximum absolute atomic E-state index is 9.60. The van der Waals surface area contributed by atoms with Gasteiger partial charge in [-0.25, -0.2) is 4.79 Å². The Kier molecular flexibility index (Phi) is 9.79. The van der Waals surface area contributed by atoms with Gasteiger partial charge in [-0.2, -0.15) is 0 Å². The number of nitrogens with two attached hydrogens (primary N) is 1. The summed E-state index contributed by atoms with van der Waals surface area (Å²) < 4.78 is 4.18. The normalized spacial score (nSPS) is 6.43. The monoisotopic (exact) mass is 131 g/mol. The Morgan fingerprint density at radius 2 is 2.29 bits per heavy atom. The number of primary amides is 1. The number of hydrogen-bond acceptors (Lipinski definition) is 2. The molecule has 0 rings (SSSR count). The third-order valence-electron chi connectivity index (χ3n) is 0.287. The van der Waals surface area contributed by atoms with Gasteiger partial charge >= 0.3 is 43.8 Å². The number of ether oxygens (including phenoxy) is 1. The Bertz CT molecular complexity index is 56.9. The fourth-order valence-electron chi connectivity index (χ4n) is 0.142. The van der Waals surface area contributed by atoms with Crippen LogP contribution >= 0.6 is 0 Å². The van der Waals surface area contributed by atoms with Gasteiger partial charge in [-0.3, -0.25) is 0 Å². The summed E-state index contributed by atoms with van der Waals surface area (Å²) >= 11 is 0. The molecule has 0 aliphatic carbocycles. The molecule has 1 amide bonds. The summed E-state index contributed by atoms with van der Waals surface area (Å²) in [6, 6.07) is 0. The first-order chi connectivity index (χ1) is 2.77. The van der Waals surface area contributed by atoms with Crippen molar-refractivity contribution < 1.29 is 9.53 Å². The third kappa shape index (κ3) is 10.8. The minimum absolute atomic E-state index is 0. The van der Waals surface area contributed by atoms with Crippen LogP contribution in [-0.2, 0) is 4.74 Å². The van der Waals surface area contributed by atoms with E-state index in [2.05, 4.69) is 10.5 Å². The maximum atomic E-state index is 9.60. The molecule has 7 heavy (non-hydrogen) atoms. The number of amides is 1. The van der Waals surface area contributed by atoms with Crippen LogP contribution < -0.4 is 5.73 Å². The summed E-state index contributed by atoms with van der Waals surface area (Å²) in [7, 11) is 0. The Balaban J connectivity index is 0. The molecule has 4 heteroatoms. The molecular formula is C3H9CaNO2. The van der Waals surface area contributed by atoms with Crippen LogP contribution in [0.5, 0.6) is 0 Å². The topological polar surface area (TPSA) is 52.3 Å². The number of carbonyl (C=O) groups excluding carboxylic acids is 1. The predicted octanol–water partition coefficient (Wildman–Crippen LogP) is -0.815. The number of hydrogen-bond donors (Lipinski definition) is 1. The average molecular weight is 131 g/mol. The van der Waals surface area contributed by atoms with Crippen molar-refractivity contribution in [1.82, 2.24) is 0 Å². The van der Waals surface area contributed by atoms with E-state index < -0.39 is 6.09 Å². The van der Waals surface area contributed by atoms with Gasteiger partial charge in [0.25, 0.3) is 0 Å². The molecule has 0 fully saturated rings. The van der Waals surface area contributed by atoms with E-state index in [1.165, 1.54) is 0 Å². The average Bonchev–Trinajstić information content (AvgIpc) is 1.35. The summed E-state index contributed by atoms with van der Waals surface area (Å²) in [6.45, 7) is 2.06. The standard InChI is InChI=1S/C3H7NO2.Ca.2H/c1-2-6-3(4)5;;;/h2H2,1H3,(H2,4,5);;;. The van der Waals surface area contributed by atoms with Gasteiger partial charge in [0.15, 0.2) is 0 Å². The van der Waals surface area contributed by atoms with Crippen molar-refractivity contribution >= 4 is 43.8 Å². The van der Waals surface area contributed by atoms with E-state index in [4.69, 9.17) is 0 Å². The van der Waals surface area contributed by atoms with Gasteiger partial charge in [0.05, 0.1) is 6.61 Å². The molecule has 0 spiro atoms. The van der Waals surface area contributed by atoms with E-state index in [0.717, 1.165) is 0 Å². The van der Waals surface area contributed by atoms with Gasteiger partial charge in [0.2, 0.25) is 0 Å². The number of rotatable bonds is 1. The SMILES string of the molecule is CCOC(N)=O.[CaH2]. The Labute approximate surface area is 72.2 Å². The van der Waals surface area contributed by atoms with Gasteiger partial charge < -0.3 is 10.5 Å². The fraction of sp³-hybridized carbons (Fsp3) is 0.667. The van der Waals surface area contributed by atoms with Crippen molar-refractivity contribution in [3.63, 3.8) is 0 Å². The van der Waals surface area contributed by atoms with Crippen molar-refractivity contribution in [2.75, 3.05) is 6.61 Å². The Morgan fingerprint density at radius 1 is 1.86 bits per heavy atom. The van der Waals surface area contributed by atoms with Gasteiger partial charge in [-0.15, -0.1) is 0 Å². The summed E-state index contributed by atoms with van der Waals surface area (Å²) in [5.74, 6) is 0. The molecule has 0 saturated heterocycles. The Morgan fingerprint density at radius 3 is 2.29 bits per heavy atom. The van der Waals surface area contributed by atoms with Crippen LogP contribution in [-0.4, -0.2) is 50.4 Å². The van der Waals surface area contributed by atoms with Crippen LogP contribution in [0, 0.1) is 0 Å². The van der Waals surface area contributed by atoms with Crippen molar-refractivity contribution in [2.45, 2.75) is 6.92 Å². The summed E-state index contributed by atoms with van der Waals surface area (Å²) in [4.78, 5) is 9.60. The van der Waals surface area contributed by atoms with E-state index in [-0.39, 0.29) is 37.7 Å². The molecule has 3 nitrogen and oxygen atoms in total. The Hall–Kier alpha value is 0.530. The van der Waals surface area contributed by atoms with E-state index in [0.29, 0.717) is 6.61 Å². The summed E-state index contributed by atoms with van der Waals surface area (Å²) in [6.07, 6.45) is -0.711. The van der Waals surface area contributed by atoms with Crippen molar-refractivity contribution in [3.05, 3.63) is 0 Å². The van der Waals surface area contributed by atoms with E-state index in [1.807, 2.05) is 0 Å². The fourth-order valence-corrected chi connectivity index (χ4v) is 0.142. The second-order valence-electron chi connectivity index (χ2n) is 0.752. The zero-order valence-electron chi connectivity index (χ0n) is 3.60.